The molecule has 3 N–H and O–H groups in total. The van der Waals surface area contributed by atoms with E-state index in [0.717, 1.165) is 12.8 Å². The third-order valence-electron chi connectivity index (χ3n) is 4.38. The summed E-state index contributed by atoms with van der Waals surface area (Å²) >= 11 is 0. The molecule has 0 aliphatic heterocycles. The van der Waals surface area contributed by atoms with Gasteiger partial charge in [0.1, 0.15) is 0 Å². The molecule has 0 heterocycles. The Balaban J connectivity index is -0.00000208. The van der Waals surface area contributed by atoms with Crippen LogP contribution in [0.4, 0.5) is 5.69 Å². The van der Waals surface area contributed by atoms with Gasteiger partial charge in [0.15, 0.2) is 0 Å². The number of unbranched alkanes of at least 4 members (excludes halogenated alkanes) is 7. The number of hydrogen-bond donors (Lipinski definition) is 3. The van der Waals surface area contributed by atoms with Crippen LogP contribution in [0.2, 0.25) is 0 Å². The summed E-state index contributed by atoms with van der Waals surface area (Å²) in [6, 6.07) is 4.59. The van der Waals surface area contributed by atoms with Crippen LogP contribution in [-0.2, 0) is 0 Å². The maximum absolute atomic E-state index is 11.2. The van der Waals surface area contributed by atoms with Crippen molar-refractivity contribution >= 4 is 106 Å². The van der Waals surface area contributed by atoms with Crippen LogP contribution >= 0.6 is 0 Å². The van der Waals surface area contributed by atoms with E-state index in [9.17, 15) is 9.59 Å². The predicted molar refractivity (Wildman–Crippen MR) is 122 cm³/mol. The van der Waals surface area contributed by atoms with Crippen molar-refractivity contribution in [3.63, 3.8) is 0 Å². The third kappa shape index (κ3) is 14.1. The quantitative estimate of drug-likeness (QED) is 0.335. The van der Waals surface area contributed by atoms with Crippen LogP contribution in [0, 0.1) is 0 Å². The van der Waals surface area contributed by atoms with E-state index in [1.54, 1.807) is 6.07 Å². The van der Waals surface area contributed by atoms with Gasteiger partial charge in [-0.05, 0) is 31.5 Å². The van der Waals surface area contributed by atoms with Crippen molar-refractivity contribution in [2.24, 2.45) is 0 Å². The zero-order valence-electron chi connectivity index (χ0n) is 15.4. The Kier molecular flexibility index (Phi) is 23.9. The average molecular weight is 421 g/mol. The molecule has 1 aromatic carbocycles. The van der Waals surface area contributed by atoms with Gasteiger partial charge in [0, 0.05) is 11.7 Å². The third-order valence-corrected chi connectivity index (χ3v) is 4.38. The molecule has 0 aromatic heterocycles. The van der Waals surface area contributed by atoms with E-state index < -0.39 is 11.9 Å². The van der Waals surface area contributed by atoms with Gasteiger partial charge < -0.3 is 15.5 Å². The topological polar surface area (TPSA) is 86.6 Å². The standard InChI is InChI=1S/C20H31NO4.3Na.3H/c1-3-4-5-6-7-8-9-10-11-15(2)21-16-12-13-17(19(22)23)18(14-16)20(24)25;;;;;;/h12-15,21H,3-11H2,1-2H3,(H,22,23)(H,24,25);;;;;;. The molecule has 1 aromatic rings. The van der Waals surface area contributed by atoms with E-state index in [1.807, 2.05) is 0 Å². The van der Waals surface area contributed by atoms with Crippen molar-refractivity contribution in [1.29, 1.82) is 0 Å². The Morgan fingerprint density at radius 3 is 1.86 bits per heavy atom. The summed E-state index contributed by atoms with van der Waals surface area (Å²) < 4.78 is 0. The van der Waals surface area contributed by atoms with Gasteiger partial charge in [-0.25, -0.2) is 9.59 Å². The van der Waals surface area contributed by atoms with Crippen LogP contribution in [0.25, 0.3) is 0 Å². The van der Waals surface area contributed by atoms with Crippen LogP contribution in [0.5, 0.6) is 0 Å². The molecule has 0 aliphatic carbocycles. The first kappa shape index (κ1) is 33.6. The number of benzene rings is 1. The molecule has 0 amide bonds. The first-order valence-corrected chi connectivity index (χ1v) is 9.32. The first-order valence-electron chi connectivity index (χ1n) is 9.32. The zero-order valence-corrected chi connectivity index (χ0v) is 15.4. The summed E-state index contributed by atoms with van der Waals surface area (Å²) in [7, 11) is 0. The molecule has 8 heteroatoms. The van der Waals surface area contributed by atoms with Gasteiger partial charge in [-0.15, -0.1) is 0 Å². The number of anilines is 1. The van der Waals surface area contributed by atoms with Crippen molar-refractivity contribution in [2.45, 2.75) is 77.7 Å². The second-order valence-corrected chi connectivity index (χ2v) is 6.68. The molecule has 5 nitrogen and oxygen atoms in total. The molecule has 1 rings (SSSR count). The fourth-order valence-corrected chi connectivity index (χ4v) is 2.94. The van der Waals surface area contributed by atoms with E-state index in [0.29, 0.717) is 5.69 Å². The minimum absolute atomic E-state index is 0. The molecule has 28 heavy (non-hydrogen) atoms. The molecule has 146 valence electrons. The van der Waals surface area contributed by atoms with Gasteiger partial charge in [0.2, 0.25) is 0 Å². The number of carbonyl (C=O) groups is 2. The average Bonchev–Trinajstić information content (AvgIpc) is 2.57. The Hall–Kier alpha value is 0.960. The van der Waals surface area contributed by atoms with E-state index in [-0.39, 0.29) is 106 Å². The molecule has 0 spiro atoms. The normalized spacial score (nSPS) is 10.6. The fraction of sp³-hybridized carbons (Fsp3) is 0.600. The number of rotatable bonds is 13. The van der Waals surface area contributed by atoms with Gasteiger partial charge in [0.05, 0.1) is 11.1 Å². The molecule has 0 saturated heterocycles. The molecule has 0 bridgehead atoms. The van der Waals surface area contributed by atoms with Gasteiger partial charge >= 0.3 is 101 Å². The first-order chi connectivity index (χ1) is 12.0. The van der Waals surface area contributed by atoms with Crippen LogP contribution in [0.15, 0.2) is 18.2 Å². The van der Waals surface area contributed by atoms with Crippen molar-refractivity contribution in [2.75, 3.05) is 5.32 Å². The van der Waals surface area contributed by atoms with Crippen molar-refractivity contribution < 1.29 is 19.8 Å². The predicted octanol–water partition coefficient (Wildman–Crippen LogP) is 3.47. The number of aromatic carboxylic acids is 2. The summed E-state index contributed by atoms with van der Waals surface area (Å²) in [4.78, 5) is 22.3. The number of nitrogens with one attached hydrogen (secondary N) is 1. The van der Waals surface area contributed by atoms with E-state index >= 15 is 0 Å². The Labute approximate surface area is 235 Å². The molecule has 1 atom stereocenters. The van der Waals surface area contributed by atoms with E-state index in [1.165, 1.54) is 57.1 Å². The van der Waals surface area contributed by atoms with Gasteiger partial charge in [-0.2, -0.15) is 0 Å². The van der Waals surface area contributed by atoms with E-state index in [4.69, 9.17) is 10.2 Å². The second kappa shape index (κ2) is 19.9. The number of hydrogen-bond acceptors (Lipinski definition) is 3. The van der Waals surface area contributed by atoms with Crippen molar-refractivity contribution in [3.8, 4) is 0 Å². The summed E-state index contributed by atoms with van der Waals surface area (Å²) in [6.07, 6.45) is 11.2. The SMILES string of the molecule is CCCCCCCCCCC(C)Nc1ccc(C(=O)O)c(C(=O)O)c1.[NaH].[NaH].[NaH]. The van der Waals surface area contributed by atoms with Crippen LogP contribution < -0.4 is 5.32 Å². The Morgan fingerprint density at radius 2 is 1.36 bits per heavy atom. The molecular weight excluding hydrogens is 387 g/mol. The molecule has 0 aliphatic rings. The van der Waals surface area contributed by atoms with Crippen LogP contribution in [0.3, 0.4) is 0 Å². The van der Waals surface area contributed by atoms with Gasteiger partial charge in [0.25, 0.3) is 0 Å². The molecular formula is C20H34NNa3O4. The van der Waals surface area contributed by atoms with Crippen LogP contribution in [0.1, 0.15) is 92.4 Å². The minimum atomic E-state index is -1.23. The summed E-state index contributed by atoms with van der Waals surface area (Å²) in [5.74, 6) is -2.45. The zero-order chi connectivity index (χ0) is 18.7. The molecule has 0 fully saturated rings. The Morgan fingerprint density at radius 1 is 0.857 bits per heavy atom. The Bertz CT molecular complexity index is 570. The summed E-state index contributed by atoms with van der Waals surface area (Å²) in [5.41, 5.74) is 0.278. The summed E-state index contributed by atoms with van der Waals surface area (Å²) in [6.45, 7) is 4.29. The molecule has 1 unspecified atom stereocenters. The summed E-state index contributed by atoms with van der Waals surface area (Å²) in [5, 5.41) is 21.5. The number of carboxylic acid groups (broad SMARTS) is 2. The van der Waals surface area contributed by atoms with Gasteiger partial charge in [-0.3, -0.25) is 0 Å². The van der Waals surface area contributed by atoms with Crippen LogP contribution in [-0.4, -0.2) is 117 Å². The fourth-order valence-electron chi connectivity index (χ4n) is 2.94. The van der Waals surface area contributed by atoms with Crippen molar-refractivity contribution in [1.82, 2.24) is 0 Å². The molecule has 0 saturated carbocycles. The maximum atomic E-state index is 11.2. The monoisotopic (exact) mass is 421 g/mol. The molecule has 0 radical (unpaired) electrons. The van der Waals surface area contributed by atoms with Gasteiger partial charge in [-0.1, -0.05) is 58.3 Å². The van der Waals surface area contributed by atoms with E-state index in [2.05, 4.69) is 19.2 Å². The number of carboxylic acids is 2. The van der Waals surface area contributed by atoms with Crippen molar-refractivity contribution in [3.05, 3.63) is 29.3 Å². The second-order valence-electron chi connectivity index (χ2n) is 6.68.